The third-order valence-electron chi connectivity index (χ3n) is 2.26. The zero-order valence-electron chi connectivity index (χ0n) is 10.7. The molecule has 0 heterocycles. The molecule has 0 atom stereocenters. The number of amides is 2. The topological polar surface area (TPSA) is 75.3 Å². The minimum Gasteiger partial charge on any atom is -0.299 e. The summed E-state index contributed by atoms with van der Waals surface area (Å²) in [5.74, 6) is -0.911. The number of hydrogen-bond donors (Lipinski definition) is 2. The Hall–Kier alpha value is -1.39. The van der Waals surface area contributed by atoms with Crippen LogP contribution >= 0.6 is 0 Å². The Bertz CT molecular complexity index is 264. The van der Waals surface area contributed by atoms with Gasteiger partial charge >= 0.3 is 0 Å². The van der Waals surface area contributed by atoms with Crippen molar-refractivity contribution in [3.63, 3.8) is 0 Å². The number of ketones is 1. The van der Waals surface area contributed by atoms with E-state index in [0.717, 1.165) is 19.3 Å². The fourth-order valence-corrected chi connectivity index (χ4v) is 1.36. The molecule has 0 spiro atoms. The average molecular weight is 242 g/mol. The second-order valence-electron chi connectivity index (χ2n) is 4.14. The van der Waals surface area contributed by atoms with Crippen molar-refractivity contribution in [2.75, 3.05) is 0 Å². The molecule has 5 nitrogen and oxygen atoms in total. The van der Waals surface area contributed by atoms with Gasteiger partial charge in [0.1, 0.15) is 5.78 Å². The Morgan fingerprint density at radius 1 is 0.882 bits per heavy atom. The maximum Gasteiger partial charge on any atom is 0.245 e. The van der Waals surface area contributed by atoms with Gasteiger partial charge < -0.3 is 0 Å². The first kappa shape index (κ1) is 15.6. The number of carbonyl (C=O) groups excluding carboxylic acids is 3. The quantitative estimate of drug-likeness (QED) is 0.384. The van der Waals surface area contributed by atoms with Gasteiger partial charge in [0.2, 0.25) is 11.8 Å². The van der Waals surface area contributed by atoms with Crippen molar-refractivity contribution in [2.24, 2.45) is 0 Å². The summed E-state index contributed by atoms with van der Waals surface area (Å²) in [6.07, 6.45) is 5.57. The SMILES string of the molecule is CCCCCCCC(=O)NNC(=O)CC(C)=O. The fourth-order valence-electron chi connectivity index (χ4n) is 1.36. The maximum absolute atomic E-state index is 11.3. The summed E-state index contributed by atoms with van der Waals surface area (Å²) >= 11 is 0. The monoisotopic (exact) mass is 242 g/mol. The van der Waals surface area contributed by atoms with Gasteiger partial charge in [0.15, 0.2) is 0 Å². The summed E-state index contributed by atoms with van der Waals surface area (Å²) in [4.78, 5) is 32.9. The van der Waals surface area contributed by atoms with Gasteiger partial charge in [0.25, 0.3) is 0 Å². The van der Waals surface area contributed by atoms with Gasteiger partial charge in [-0.1, -0.05) is 32.6 Å². The van der Waals surface area contributed by atoms with Crippen molar-refractivity contribution in [2.45, 2.75) is 58.8 Å². The van der Waals surface area contributed by atoms with E-state index in [0.29, 0.717) is 6.42 Å². The molecule has 0 aromatic heterocycles. The lowest BCUT2D eigenvalue weighted by Gasteiger charge is -2.06. The zero-order valence-corrected chi connectivity index (χ0v) is 10.7. The number of rotatable bonds is 8. The molecule has 0 radical (unpaired) electrons. The van der Waals surface area contributed by atoms with Crippen LogP contribution in [0.5, 0.6) is 0 Å². The lowest BCUT2D eigenvalue weighted by Crippen LogP contribution is -2.42. The van der Waals surface area contributed by atoms with Crippen molar-refractivity contribution in [3.05, 3.63) is 0 Å². The van der Waals surface area contributed by atoms with Crippen LogP contribution in [0, 0.1) is 0 Å². The molecule has 5 heteroatoms. The minimum atomic E-state index is -0.475. The molecule has 2 N–H and O–H groups in total. The number of hydrogen-bond acceptors (Lipinski definition) is 3. The average Bonchev–Trinajstić information content (AvgIpc) is 2.25. The standard InChI is InChI=1S/C12H22N2O3/c1-3-4-5-6-7-8-11(16)13-14-12(17)9-10(2)15/h3-9H2,1-2H3,(H,13,16)(H,14,17). The third kappa shape index (κ3) is 10.9. The molecule has 0 aliphatic rings. The summed E-state index contributed by atoms with van der Waals surface area (Å²) in [5, 5.41) is 0. The number of nitrogens with one attached hydrogen (secondary N) is 2. The Balaban J connectivity index is 3.46. The van der Waals surface area contributed by atoms with E-state index < -0.39 is 5.91 Å². The molecule has 2 amide bonds. The van der Waals surface area contributed by atoms with Gasteiger partial charge in [-0.25, -0.2) is 0 Å². The normalized spacial score (nSPS) is 9.76. The highest BCUT2D eigenvalue weighted by atomic mass is 16.2. The highest BCUT2D eigenvalue weighted by Gasteiger charge is 2.06. The van der Waals surface area contributed by atoms with Crippen molar-refractivity contribution in [1.29, 1.82) is 0 Å². The number of unbranched alkanes of at least 4 members (excludes halogenated alkanes) is 4. The number of Topliss-reactive ketones (excluding diaryl/α,β-unsaturated/α-hetero) is 1. The van der Waals surface area contributed by atoms with E-state index in [-0.39, 0.29) is 18.1 Å². The van der Waals surface area contributed by atoms with E-state index >= 15 is 0 Å². The lowest BCUT2D eigenvalue weighted by molar-refractivity contribution is -0.131. The van der Waals surface area contributed by atoms with Crippen LogP contribution in [0.3, 0.4) is 0 Å². The van der Waals surface area contributed by atoms with E-state index in [4.69, 9.17) is 0 Å². The smallest absolute Gasteiger partial charge is 0.245 e. The lowest BCUT2D eigenvalue weighted by atomic mass is 10.1. The van der Waals surface area contributed by atoms with Crippen LogP contribution < -0.4 is 10.9 Å². The Morgan fingerprint density at radius 3 is 2.06 bits per heavy atom. The molecule has 0 fully saturated rings. The summed E-state index contributed by atoms with van der Waals surface area (Å²) in [5.41, 5.74) is 4.49. The van der Waals surface area contributed by atoms with Crippen LogP contribution in [0.1, 0.15) is 58.8 Å². The van der Waals surface area contributed by atoms with E-state index in [1.165, 1.54) is 19.8 Å². The van der Waals surface area contributed by atoms with E-state index in [1.807, 2.05) is 0 Å². The molecular weight excluding hydrogens is 220 g/mol. The van der Waals surface area contributed by atoms with E-state index in [9.17, 15) is 14.4 Å². The maximum atomic E-state index is 11.3. The minimum absolute atomic E-state index is 0.198. The predicted molar refractivity (Wildman–Crippen MR) is 65.0 cm³/mol. The van der Waals surface area contributed by atoms with Crippen molar-refractivity contribution in [3.8, 4) is 0 Å². The summed E-state index contributed by atoms with van der Waals surface area (Å²) in [6.45, 7) is 3.46. The van der Waals surface area contributed by atoms with Gasteiger partial charge in [-0.3, -0.25) is 25.2 Å². The van der Waals surface area contributed by atoms with E-state index in [2.05, 4.69) is 17.8 Å². The molecule has 0 bridgehead atoms. The predicted octanol–water partition coefficient (Wildman–Crippen LogP) is 1.47. The zero-order chi connectivity index (χ0) is 13.1. The van der Waals surface area contributed by atoms with Crippen LogP contribution in [0.4, 0.5) is 0 Å². The molecule has 0 saturated carbocycles. The molecule has 0 aliphatic heterocycles. The molecule has 0 aliphatic carbocycles. The number of carbonyl (C=O) groups is 3. The van der Waals surface area contributed by atoms with Crippen LogP contribution in [0.2, 0.25) is 0 Å². The van der Waals surface area contributed by atoms with Crippen LogP contribution in [0.15, 0.2) is 0 Å². The molecule has 17 heavy (non-hydrogen) atoms. The fraction of sp³-hybridized carbons (Fsp3) is 0.750. The second-order valence-corrected chi connectivity index (χ2v) is 4.14. The van der Waals surface area contributed by atoms with E-state index in [1.54, 1.807) is 0 Å². The van der Waals surface area contributed by atoms with Crippen molar-refractivity contribution in [1.82, 2.24) is 10.9 Å². The molecule has 0 aromatic carbocycles. The number of hydrazine groups is 1. The van der Waals surface area contributed by atoms with Crippen molar-refractivity contribution < 1.29 is 14.4 Å². The summed E-state index contributed by atoms with van der Waals surface area (Å²) < 4.78 is 0. The molecule has 0 unspecified atom stereocenters. The third-order valence-corrected chi connectivity index (χ3v) is 2.26. The molecule has 0 aromatic rings. The largest absolute Gasteiger partial charge is 0.299 e. The molecule has 98 valence electrons. The first-order chi connectivity index (χ1) is 8.06. The van der Waals surface area contributed by atoms with Gasteiger partial charge in [-0.05, 0) is 13.3 Å². The first-order valence-electron chi connectivity index (χ1n) is 6.13. The van der Waals surface area contributed by atoms with Crippen LogP contribution in [-0.2, 0) is 14.4 Å². The van der Waals surface area contributed by atoms with Gasteiger partial charge in [0.05, 0.1) is 6.42 Å². The first-order valence-corrected chi connectivity index (χ1v) is 6.13. The highest BCUT2D eigenvalue weighted by molar-refractivity contribution is 5.97. The van der Waals surface area contributed by atoms with Gasteiger partial charge in [-0.15, -0.1) is 0 Å². The Labute approximate surface area is 102 Å². The Morgan fingerprint density at radius 2 is 1.47 bits per heavy atom. The Kier molecular flexibility index (Phi) is 9.01. The van der Waals surface area contributed by atoms with Gasteiger partial charge in [0, 0.05) is 6.42 Å². The summed E-state index contributed by atoms with van der Waals surface area (Å²) in [6, 6.07) is 0. The molecule has 0 saturated heterocycles. The van der Waals surface area contributed by atoms with Crippen LogP contribution in [-0.4, -0.2) is 17.6 Å². The molecular formula is C12H22N2O3. The van der Waals surface area contributed by atoms with Crippen LogP contribution in [0.25, 0.3) is 0 Å². The van der Waals surface area contributed by atoms with Crippen molar-refractivity contribution >= 4 is 17.6 Å². The summed E-state index contributed by atoms with van der Waals surface area (Å²) in [7, 11) is 0. The second kappa shape index (κ2) is 9.81. The van der Waals surface area contributed by atoms with Gasteiger partial charge in [-0.2, -0.15) is 0 Å². The highest BCUT2D eigenvalue weighted by Crippen LogP contribution is 2.04. The molecule has 0 rings (SSSR count).